The highest BCUT2D eigenvalue weighted by Gasteiger charge is 2.08. The molecule has 5 heteroatoms. The Kier molecular flexibility index (Phi) is 8.32. The minimum absolute atomic E-state index is 0.241. The zero-order chi connectivity index (χ0) is 17.9. The van der Waals surface area contributed by atoms with Gasteiger partial charge in [-0.2, -0.15) is 0 Å². The van der Waals surface area contributed by atoms with Crippen LogP contribution in [0.4, 0.5) is 0 Å². The van der Waals surface area contributed by atoms with E-state index < -0.39 is 0 Å². The van der Waals surface area contributed by atoms with Crippen molar-refractivity contribution in [1.82, 2.24) is 15.6 Å². The summed E-state index contributed by atoms with van der Waals surface area (Å²) in [5, 5.41) is 17.2. The Morgan fingerprint density at radius 1 is 1.20 bits per heavy atom. The van der Waals surface area contributed by atoms with Crippen LogP contribution in [-0.2, 0) is 6.42 Å². The largest absolute Gasteiger partial charge is 0.396 e. The van der Waals surface area contributed by atoms with Crippen molar-refractivity contribution in [1.29, 1.82) is 0 Å². The second-order valence-electron chi connectivity index (χ2n) is 6.42. The molecule has 0 saturated heterocycles. The van der Waals surface area contributed by atoms with Gasteiger partial charge in [0.2, 0.25) is 0 Å². The molecule has 0 radical (unpaired) electrons. The van der Waals surface area contributed by atoms with Gasteiger partial charge in [0.15, 0.2) is 5.96 Å². The lowest BCUT2D eigenvalue weighted by Crippen LogP contribution is -2.38. The van der Waals surface area contributed by atoms with Crippen LogP contribution in [0.2, 0.25) is 0 Å². The van der Waals surface area contributed by atoms with Crippen molar-refractivity contribution in [2.75, 3.05) is 26.2 Å². The Labute approximate surface area is 150 Å². The highest BCUT2D eigenvalue weighted by Crippen LogP contribution is 2.17. The van der Waals surface area contributed by atoms with Gasteiger partial charge in [-0.05, 0) is 43.7 Å². The molecule has 25 heavy (non-hydrogen) atoms. The Morgan fingerprint density at radius 3 is 2.80 bits per heavy atom. The van der Waals surface area contributed by atoms with E-state index in [0.717, 1.165) is 51.3 Å². The molecule has 4 N–H and O–H groups in total. The van der Waals surface area contributed by atoms with Gasteiger partial charge in [-0.25, -0.2) is 0 Å². The fraction of sp³-hybridized carbons (Fsp3) is 0.550. The van der Waals surface area contributed by atoms with E-state index in [0.29, 0.717) is 5.92 Å². The van der Waals surface area contributed by atoms with Crippen LogP contribution in [0.3, 0.4) is 0 Å². The summed E-state index contributed by atoms with van der Waals surface area (Å²) in [5.74, 6) is 1.32. The number of hydrogen-bond acceptors (Lipinski definition) is 2. The first kappa shape index (κ1) is 19.3. The second kappa shape index (κ2) is 10.8. The lowest BCUT2D eigenvalue weighted by atomic mass is 10.0. The highest BCUT2D eigenvalue weighted by atomic mass is 16.3. The molecule has 1 atom stereocenters. The maximum atomic E-state index is 9.18. The number of aromatic amines is 1. The number of para-hydroxylation sites is 1. The molecule has 0 bridgehead atoms. The molecule has 1 aromatic carbocycles. The molecule has 1 aromatic heterocycles. The summed E-state index contributed by atoms with van der Waals surface area (Å²) in [4.78, 5) is 8.03. The van der Waals surface area contributed by atoms with Gasteiger partial charge in [0, 0.05) is 43.3 Å². The van der Waals surface area contributed by atoms with Gasteiger partial charge in [-0.3, -0.25) is 4.99 Å². The molecule has 1 heterocycles. The third-order valence-electron chi connectivity index (χ3n) is 4.45. The molecular formula is C20H32N4O. The van der Waals surface area contributed by atoms with Crippen LogP contribution in [0.1, 0.15) is 38.7 Å². The monoisotopic (exact) mass is 344 g/mol. The molecule has 2 rings (SSSR count). The molecule has 138 valence electrons. The highest BCUT2D eigenvalue weighted by molar-refractivity contribution is 5.83. The van der Waals surface area contributed by atoms with Crippen molar-refractivity contribution in [3.05, 3.63) is 36.0 Å². The molecule has 1 unspecified atom stereocenters. The van der Waals surface area contributed by atoms with Gasteiger partial charge < -0.3 is 20.7 Å². The molecule has 0 fully saturated rings. The predicted octanol–water partition coefficient (Wildman–Crippen LogP) is 3.06. The lowest BCUT2D eigenvalue weighted by Gasteiger charge is -2.15. The maximum Gasteiger partial charge on any atom is 0.191 e. The smallest absolute Gasteiger partial charge is 0.191 e. The maximum absolute atomic E-state index is 9.18. The van der Waals surface area contributed by atoms with Gasteiger partial charge >= 0.3 is 0 Å². The molecule has 0 amide bonds. The van der Waals surface area contributed by atoms with E-state index in [1.54, 1.807) is 0 Å². The van der Waals surface area contributed by atoms with Crippen molar-refractivity contribution >= 4 is 16.9 Å². The van der Waals surface area contributed by atoms with Crippen LogP contribution in [-0.4, -0.2) is 42.3 Å². The number of benzene rings is 1. The fourth-order valence-corrected chi connectivity index (χ4v) is 3.13. The summed E-state index contributed by atoms with van der Waals surface area (Å²) < 4.78 is 0. The van der Waals surface area contributed by atoms with E-state index in [1.807, 2.05) is 0 Å². The molecule has 0 aliphatic rings. The van der Waals surface area contributed by atoms with Crippen LogP contribution in [0.25, 0.3) is 10.9 Å². The Balaban J connectivity index is 1.88. The van der Waals surface area contributed by atoms with Gasteiger partial charge in [0.25, 0.3) is 0 Å². The van der Waals surface area contributed by atoms with Gasteiger partial charge in [0.05, 0.1) is 0 Å². The summed E-state index contributed by atoms with van der Waals surface area (Å²) in [6.45, 7) is 6.94. The third kappa shape index (κ3) is 6.09. The second-order valence-corrected chi connectivity index (χ2v) is 6.42. The minimum Gasteiger partial charge on any atom is -0.396 e. The van der Waals surface area contributed by atoms with Crippen molar-refractivity contribution in [3.63, 3.8) is 0 Å². The molecular weight excluding hydrogens is 312 g/mol. The minimum atomic E-state index is 0.241. The van der Waals surface area contributed by atoms with E-state index in [1.165, 1.54) is 16.5 Å². The summed E-state index contributed by atoms with van der Waals surface area (Å²) in [7, 11) is 0. The number of aliphatic hydroxyl groups excluding tert-OH is 1. The number of H-pyrrole nitrogens is 1. The van der Waals surface area contributed by atoms with E-state index in [-0.39, 0.29) is 6.61 Å². The first-order valence-corrected chi connectivity index (χ1v) is 9.46. The van der Waals surface area contributed by atoms with Crippen LogP contribution in [0, 0.1) is 5.92 Å². The van der Waals surface area contributed by atoms with Crippen molar-refractivity contribution in [2.24, 2.45) is 10.9 Å². The zero-order valence-corrected chi connectivity index (χ0v) is 15.5. The standard InChI is InChI=1S/C20H32N4O/c1-3-7-16(11-13-25)14-24-20(21-4-2)22-12-10-17-15-23-19-9-6-5-8-18(17)19/h5-6,8-9,15-16,23,25H,3-4,7,10-14H2,1-2H3,(H2,21,22,24). The Morgan fingerprint density at radius 2 is 2.04 bits per heavy atom. The molecule has 5 nitrogen and oxygen atoms in total. The number of rotatable bonds is 10. The topological polar surface area (TPSA) is 72.4 Å². The van der Waals surface area contributed by atoms with Gasteiger partial charge in [0.1, 0.15) is 0 Å². The quantitative estimate of drug-likeness (QED) is 0.395. The Hall–Kier alpha value is -2.01. The number of fused-ring (bicyclic) bond motifs is 1. The van der Waals surface area contributed by atoms with Crippen LogP contribution in [0.5, 0.6) is 0 Å². The molecule has 0 spiro atoms. The summed E-state index contributed by atoms with van der Waals surface area (Å²) in [6, 6.07) is 8.39. The van der Waals surface area contributed by atoms with Crippen LogP contribution in [0.15, 0.2) is 35.5 Å². The van der Waals surface area contributed by atoms with E-state index in [9.17, 15) is 5.11 Å². The number of aliphatic imine (C=N–C) groups is 1. The van der Waals surface area contributed by atoms with Crippen molar-refractivity contribution < 1.29 is 5.11 Å². The van der Waals surface area contributed by atoms with E-state index in [4.69, 9.17) is 4.99 Å². The third-order valence-corrected chi connectivity index (χ3v) is 4.45. The normalized spacial score (nSPS) is 13.2. The molecule has 0 saturated carbocycles. The predicted molar refractivity (Wildman–Crippen MR) is 106 cm³/mol. The first-order chi connectivity index (χ1) is 12.3. The van der Waals surface area contributed by atoms with Crippen LogP contribution >= 0.6 is 0 Å². The SMILES string of the molecule is CCCC(CCO)CN=C(NCC)NCCc1c[nH]c2ccccc12. The number of hydrogen-bond donors (Lipinski definition) is 4. The number of nitrogens with zero attached hydrogens (tertiary/aromatic N) is 1. The van der Waals surface area contributed by atoms with Crippen molar-refractivity contribution in [3.8, 4) is 0 Å². The van der Waals surface area contributed by atoms with E-state index in [2.05, 4.69) is 59.9 Å². The van der Waals surface area contributed by atoms with Gasteiger partial charge in [-0.1, -0.05) is 31.5 Å². The average molecular weight is 345 g/mol. The summed E-state index contributed by atoms with van der Waals surface area (Å²) in [6.07, 6.45) is 6.11. The van der Waals surface area contributed by atoms with Gasteiger partial charge in [-0.15, -0.1) is 0 Å². The summed E-state index contributed by atoms with van der Waals surface area (Å²) in [5.41, 5.74) is 2.51. The number of guanidine groups is 1. The number of aliphatic hydroxyl groups is 1. The van der Waals surface area contributed by atoms with Crippen molar-refractivity contribution in [2.45, 2.75) is 39.5 Å². The Bertz CT molecular complexity index is 644. The number of aromatic nitrogens is 1. The zero-order valence-electron chi connectivity index (χ0n) is 15.5. The van der Waals surface area contributed by atoms with E-state index >= 15 is 0 Å². The summed E-state index contributed by atoms with van der Waals surface area (Å²) >= 11 is 0. The molecule has 0 aliphatic heterocycles. The first-order valence-electron chi connectivity index (χ1n) is 9.46. The fourth-order valence-electron chi connectivity index (χ4n) is 3.13. The average Bonchev–Trinajstić information content (AvgIpc) is 3.03. The molecule has 0 aliphatic carbocycles. The molecule has 2 aromatic rings. The van der Waals surface area contributed by atoms with Crippen LogP contribution < -0.4 is 10.6 Å². The lowest BCUT2D eigenvalue weighted by molar-refractivity contribution is 0.253. The number of nitrogens with one attached hydrogen (secondary N) is 3.